The lowest BCUT2D eigenvalue weighted by atomic mass is 10.0. The first-order chi connectivity index (χ1) is 13.4. The van der Waals surface area contributed by atoms with E-state index in [-0.39, 0.29) is 6.04 Å². The van der Waals surface area contributed by atoms with E-state index in [0.29, 0.717) is 18.0 Å². The topological polar surface area (TPSA) is 62.3 Å². The quantitative estimate of drug-likeness (QED) is 0.620. The number of nitrogens with zero attached hydrogens (tertiary/aromatic N) is 2. The number of rotatable bonds is 4. The van der Waals surface area contributed by atoms with Crippen LogP contribution in [0.25, 0.3) is 10.8 Å². The van der Waals surface area contributed by atoms with Gasteiger partial charge in [0.2, 0.25) is 10.0 Å². The summed E-state index contributed by atoms with van der Waals surface area (Å²) in [5.41, 5.74) is 2.14. The van der Waals surface area contributed by atoms with Crippen molar-refractivity contribution in [2.75, 3.05) is 18.4 Å². The number of hydrogen-bond donors (Lipinski definition) is 1. The number of sulfonamides is 1. The lowest BCUT2D eigenvalue weighted by Crippen LogP contribution is -2.45. The van der Waals surface area contributed by atoms with Gasteiger partial charge in [-0.3, -0.25) is 4.98 Å². The zero-order valence-corrected chi connectivity index (χ0v) is 18.0. The molecule has 7 heteroatoms. The molecule has 3 aromatic rings. The van der Waals surface area contributed by atoms with Gasteiger partial charge in [-0.1, -0.05) is 28.1 Å². The molecule has 4 rings (SSSR count). The van der Waals surface area contributed by atoms with E-state index in [0.717, 1.165) is 39.3 Å². The number of fused-ring (bicyclic) bond motifs is 1. The maximum absolute atomic E-state index is 13.0. The molecule has 0 saturated carbocycles. The van der Waals surface area contributed by atoms with Crippen LogP contribution in [0.5, 0.6) is 0 Å². The molecule has 28 heavy (non-hydrogen) atoms. The average Bonchev–Trinajstić information content (AvgIpc) is 2.69. The molecule has 5 nitrogen and oxygen atoms in total. The summed E-state index contributed by atoms with van der Waals surface area (Å²) in [5, 5.41) is 5.81. The van der Waals surface area contributed by atoms with Gasteiger partial charge >= 0.3 is 0 Å². The molecule has 1 aromatic heterocycles. The van der Waals surface area contributed by atoms with Crippen molar-refractivity contribution in [3.63, 3.8) is 0 Å². The van der Waals surface area contributed by atoms with Crippen LogP contribution in [0.4, 0.5) is 5.69 Å². The van der Waals surface area contributed by atoms with Crippen LogP contribution in [0.1, 0.15) is 18.4 Å². The summed E-state index contributed by atoms with van der Waals surface area (Å²) in [5.74, 6) is 0. The van der Waals surface area contributed by atoms with Gasteiger partial charge in [-0.15, -0.1) is 0 Å². The van der Waals surface area contributed by atoms with Gasteiger partial charge in [0.05, 0.1) is 4.90 Å². The van der Waals surface area contributed by atoms with Crippen LogP contribution in [0.3, 0.4) is 0 Å². The second kappa shape index (κ2) is 7.81. The van der Waals surface area contributed by atoms with E-state index < -0.39 is 10.0 Å². The van der Waals surface area contributed by atoms with Crippen LogP contribution in [0.2, 0.25) is 0 Å². The summed E-state index contributed by atoms with van der Waals surface area (Å²) in [7, 11) is -3.49. The van der Waals surface area contributed by atoms with Crippen molar-refractivity contribution < 1.29 is 8.42 Å². The fourth-order valence-corrected chi connectivity index (χ4v) is 5.57. The molecule has 0 amide bonds. The number of aryl methyl sites for hydroxylation is 1. The molecule has 1 aliphatic heterocycles. The van der Waals surface area contributed by atoms with Gasteiger partial charge in [0.1, 0.15) is 0 Å². The van der Waals surface area contributed by atoms with Gasteiger partial charge < -0.3 is 5.32 Å². The first-order valence-electron chi connectivity index (χ1n) is 9.31. The zero-order chi connectivity index (χ0) is 19.7. The van der Waals surface area contributed by atoms with Crippen molar-refractivity contribution in [1.29, 1.82) is 0 Å². The lowest BCUT2D eigenvalue weighted by molar-refractivity contribution is 0.327. The Labute approximate surface area is 174 Å². The highest BCUT2D eigenvalue weighted by molar-refractivity contribution is 9.10. The monoisotopic (exact) mass is 459 g/mol. The molecule has 0 bridgehead atoms. The standard InChI is InChI=1S/C21H22BrN3O2S/c1-15-12-23-13-16-4-2-6-20(21(15)16)24-18-5-3-11-25(14-18)28(26,27)19-9-7-17(22)8-10-19/h2,4,6-10,12-13,18,24H,3,5,11,14H2,1H3. The van der Waals surface area contributed by atoms with Crippen LogP contribution >= 0.6 is 15.9 Å². The molecule has 1 N–H and O–H groups in total. The number of hydrogen-bond acceptors (Lipinski definition) is 4. The minimum absolute atomic E-state index is 0.0668. The third-order valence-electron chi connectivity index (χ3n) is 5.17. The summed E-state index contributed by atoms with van der Waals surface area (Å²) < 4.78 is 28.5. The number of piperidine rings is 1. The maximum atomic E-state index is 13.0. The van der Waals surface area contributed by atoms with Crippen molar-refractivity contribution in [2.45, 2.75) is 30.7 Å². The maximum Gasteiger partial charge on any atom is 0.243 e. The molecule has 2 aromatic carbocycles. The Morgan fingerprint density at radius 1 is 1.14 bits per heavy atom. The number of benzene rings is 2. The molecular weight excluding hydrogens is 438 g/mol. The molecule has 0 aliphatic carbocycles. The Bertz CT molecular complexity index is 1100. The minimum Gasteiger partial charge on any atom is -0.380 e. The van der Waals surface area contributed by atoms with Crippen LogP contribution in [-0.4, -0.2) is 36.8 Å². The summed E-state index contributed by atoms with van der Waals surface area (Å²) >= 11 is 3.36. The molecule has 1 atom stereocenters. The van der Waals surface area contributed by atoms with E-state index in [1.807, 2.05) is 31.5 Å². The first-order valence-corrected chi connectivity index (χ1v) is 11.5. The molecule has 1 fully saturated rings. The Hall–Kier alpha value is -1.96. The van der Waals surface area contributed by atoms with E-state index in [9.17, 15) is 8.42 Å². The summed E-state index contributed by atoms with van der Waals surface area (Å²) in [4.78, 5) is 4.60. The van der Waals surface area contributed by atoms with Gasteiger partial charge in [0, 0.05) is 52.5 Å². The van der Waals surface area contributed by atoms with Gasteiger partial charge in [0.15, 0.2) is 0 Å². The van der Waals surface area contributed by atoms with Crippen LogP contribution < -0.4 is 5.32 Å². The summed E-state index contributed by atoms with van der Waals surface area (Å²) in [6, 6.07) is 13.0. The number of anilines is 1. The fraction of sp³-hybridized carbons (Fsp3) is 0.286. The van der Waals surface area contributed by atoms with Crippen LogP contribution in [0, 0.1) is 6.92 Å². The van der Waals surface area contributed by atoms with Gasteiger partial charge in [-0.2, -0.15) is 4.31 Å². The Balaban J connectivity index is 1.57. The third-order valence-corrected chi connectivity index (χ3v) is 7.58. The van der Waals surface area contributed by atoms with E-state index in [1.54, 1.807) is 28.6 Å². The molecule has 1 unspecified atom stereocenters. The highest BCUT2D eigenvalue weighted by Crippen LogP contribution is 2.29. The molecule has 1 aliphatic rings. The molecule has 146 valence electrons. The Morgan fingerprint density at radius 3 is 2.71 bits per heavy atom. The predicted octanol–water partition coefficient (Wildman–Crippen LogP) is 4.57. The number of nitrogens with one attached hydrogen (secondary N) is 1. The number of aromatic nitrogens is 1. The number of pyridine rings is 1. The van der Waals surface area contributed by atoms with Crippen molar-refractivity contribution in [3.8, 4) is 0 Å². The average molecular weight is 460 g/mol. The highest BCUT2D eigenvalue weighted by Gasteiger charge is 2.30. The van der Waals surface area contributed by atoms with E-state index in [2.05, 4.69) is 32.3 Å². The second-order valence-corrected chi connectivity index (χ2v) is 10.0. The van der Waals surface area contributed by atoms with Gasteiger partial charge in [-0.05, 0) is 55.7 Å². The van der Waals surface area contributed by atoms with Crippen molar-refractivity contribution in [3.05, 3.63) is 64.9 Å². The van der Waals surface area contributed by atoms with E-state index in [1.165, 1.54) is 0 Å². The highest BCUT2D eigenvalue weighted by atomic mass is 79.9. The lowest BCUT2D eigenvalue weighted by Gasteiger charge is -2.33. The molecular formula is C21H22BrN3O2S. The number of halogens is 1. The Morgan fingerprint density at radius 2 is 1.93 bits per heavy atom. The van der Waals surface area contributed by atoms with Crippen molar-refractivity contribution in [2.24, 2.45) is 0 Å². The van der Waals surface area contributed by atoms with Crippen molar-refractivity contribution in [1.82, 2.24) is 9.29 Å². The molecule has 2 heterocycles. The van der Waals surface area contributed by atoms with E-state index >= 15 is 0 Å². The zero-order valence-electron chi connectivity index (χ0n) is 15.6. The Kier molecular flexibility index (Phi) is 5.40. The molecule has 0 radical (unpaired) electrons. The normalized spacial score (nSPS) is 18.3. The van der Waals surface area contributed by atoms with Gasteiger partial charge in [-0.25, -0.2) is 8.42 Å². The van der Waals surface area contributed by atoms with Crippen LogP contribution in [0.15, 0.2) is 64.2 Å². The SMILES string of the molecule is Cc1cncc2cccc(NC3CCCN(S(=O)(=O)c4ccc(Br)cc4)C3)c12. The van der Waals surface area contributed by atoms with Gasteiger partial charge in [0.25, 0.3) is 0 Å². The summed E-state index contributed by atoms with van der Waals surface area (Å²) in [6.07, 6.45) is 5.49. The second-order valence-electron chi connectivity index (χ2n) is 7.16. The van der Waals surface area contributed by atoms with Crippen LogP contribution in [-0.2, 0) is 10.0 Å². The molecule has 1 saturated heterocycles. The largest absolute Gasteiger partial charge is 0.380 e. The molecule has 0 spiro atoms. The first kappa shape index (κ1) is 19.4. The minimum atomic E-state index is -3.49. The summed E-state index contributed by atoms with van der Waals surface area (Å²) in [6.45, 7) is 3.06. The van der Waals surface area contributed by atoms with Crippen molar-refractivity contribution >= 4 is 42.4 Å². The fourth-order valence-electron chi connectivity index (χ4n) is 3.79. The third kappa shape index (κ3) is 3.79. The smallest absolute Gasteiger partial charge is 0.243 e. The predicted molar refractivity (Wildman–Crippen MR) is 116 cm³/mol. The van der Waals surface area contributed by atoms with E-state index in [4.69, 9.17) is 0 Å².